The molecule has 5 heteroatoms. The van der Waals surface area contributed by atoms with Gasteiger partial charge in [-0.15, -0.1) is 23.2 Å². The quantitative estimate of drug-likeness (QED) is 0.212. The highest BCUT2D eigenvalue weighted by Crippen LogP contribution is 2.08. The SMILES string of the molecule is C=C(C)C(=O)OCCCCCC[Si]C(Cl)Cl. The normalized spacial score (nSPS) is 10.5. The van der Waals surface area contributed by atoms with Gasteiger partial charge in [0.15, 0.2) is 0 Å². The Morgan fingerprint density at radius 2 is 1.94 bits per heavy atom. The Morgan fingerprint density at radius 3 is 2.50 bits per heavy atom. The third-order valence-electron chi connectivity index (χ3n) is 1.95. The second-order valence-corrected chi connectivity index (χ2v) is 6.90. The average Bonchev–Trinajstić information content (AvgIpc) is 2.21. The number of halogens is 2. The number of esters is 1. The van der Waals surface area contributed by atoms with Crippen LogP contribution in [0.3, 0.4) is 0 Å². The summed E-state index contributed by atoms with van der Waals surface area (Å²) in [7, 11) is 0.627. The first kappa shape index (κ1) is 16.0. The second-order valence-electron chi connectivity index (χ2n) is 3.59. The molecule has 0 atom stereocenters. The molecule has 0 aliphatic heterocycles. The van der Waals surface area contributed by atoms with Gasteiger partial charge in [-0.2, -0.15) is 0 Å². The smallest absolute Gasteiger partial charge is 0.333 e. The van der Waals surface area contributed by atoms with Crippen LogP contribution in [0.1, 0.15) is 32.6 Å². The highest BCUT2D eigenvalue weighted by molar-refractivity contribution is 6.68. The maximum atomic E-state index is 11.0. The van der Waals surface area contributed by atoms with Crippen molar-refractivity contribution in [1.29, 1.82) is 0 Å². The largest absolute Gasteiger partial charge is 0.462 e. The lowest BCUT2D eigenvalue weighted by atomic mass is 10.2. The van der Waals surface area contributed by atoms with Crippen LogP contribution in [-0.2, 0) is 9.53 Å². The van der Waals surface area contributed by atoms with Crippen LogP contribution in [0.15, 0.2) is 12.2 Å². The number of rotatable bonds is 9. The standard InChI is InChI=1S/C11H18Cl2O2Si/c1-9(2)10(14)15-7-5-3-4-6-8-16-11(12)13/h11H,1,3-8H2,2H3. The third-order valence-corrected chi connectivity index (χ3v) is 3.83. The first-order valence-corrected chi connectivity index (χ1v) is 7.54. The van der Waals surface area contributed by atoms with E-state index in [0.717, 1.165) is 31.7 Å². The summed E-state index contributed by atoms with van der Waals surface area (Å²) in [5, 5.41) is 0. The molecular weight excluding hydrogens is 263 g/mol. The Bertz CT molecular complexity index is 220. The van der Waals surface area contributed by atoms with Crippen molar-refractivity contribution in [1.82, 2.24) is 0 Å². The summed E-state index contributed by atoms with van der Waals surface area (Å²) in [6.45, 7) is 5.65. The lowest BCUT2D eigenvalue weighted by Crippen LogP contribution is -2.06. The van der Waals surface area contributed by atoms with Crippen LogP contribution in [0, 0.1) is 0 Å². The van der Waals surface area contributed by atoms with Gasteiger partial charge in [0, 0.05) is 5.57 Å². The van der Waals surface area contributed by atoms with Crippen molar-refractivity contribution >= 4 is 38.7 Å². The first-order valence-electron chi connectivity index (χ1n) is 5.38. The average molecular weight is 281 g/mol. The molecule has 0 bridgehead atoms. The molecule has 92 valence electrons. The predicted molar refractivity (Wildman–Crippen MR) is 70.3 cm³/mol. The van der Waals surface area contributed by atoms with E-state index in [9.17, 15) is 4.79 Å². The molecule has 0 fully saturated rings. The van der Waals surface area contributed by atoms with Crippen molar-refractivity contribution < 1.29 is 9.53 Å². The molecule has 0 N–H and O–H groups in total. The third kappa shape index (κ3) is 10.5. The summed E-state index contributed by atoms with van der Waals surface area (Å²) in [4.78, 5) is 11.0. The van der Waals surface area contributed by atoms with Crippen LogP contribution in [-0.4, -0.2) is 26.6 Å². The van der Waals surface area contributed by atoms with Gasteiger partial charge in [-0.3, -0.25) is 0 Å². The van der Waals surface area contributed by atoms with Gasteiger partial charge in [0.2, 0.25) is 0 Å². The monoisotopic (exact) mass is 280 g/mol. The van der Waals surface area contributed by atoms with E-state index in [1.54, 1.807) is 6.92 Å². The van der Waals surface area contributed by atoms with Crippen LogP contribution in [0.25, 0.3) is 0 Å². The lowest BCUT2D eigenvalue weighted by Gasteiger charge is -2.04. The van der Waals surface area contributed by atoms with Gasteiger partial charge < -0.3 is 4.74 Å². The molecule has 0 amide bonds. The first-order chi connectivity index (χ1) is 7.54. The fourth-order valence-corrected chi connectivity index (χ4v) is 2.41. The minimum absolute atomic E-state index is 0.212. The Labute approximate surface area is 110 Å². The van der Waals surface area contributed by atoms with Gasteiger partial charge in [-0.1, -0.05) is 31.9 Å². The summed E-state index contributed by atoms with van der Waals surface area (Å²) in [5.41, 5.74) is 0.455. The van der Waals surface area contributed by atoms with E-state index in [4.69, 9.17) is 27.9 Å². The Balaban J connectivity index is 3.16. The van der Waals surface area contributed by atoms with E-state index < -0.39 is 0 Å². The maximum absolute atomic E-state index is 11.0. The highest BCUT2D eigenvalue weighted by atomic mass is 35.5. The van der Waals surface area contributed by atoms with Crippen LogP contribution in [0.4, 0.5) is 0 Å². The molecule has 0 heterocycles. The number of carbonyl (C=O) groups is 1. The van der Waals surface area contributed by atoms with Gasteiger partial charge in [0.25, 0.3) is 0 Å². The van der Waals surface area contributed by atoms with Crippen molar-refractivity contribution in [2.75, 3.05) is 6.61 Å². The summed E-state index contributed by atoms with van der Waals surface area (Å²) in [6, 6.07) is 1.09. The Morgan fingerprint density at radius 1 is 1.31 bits per heavy atom. The zero-order valence-electron chi connectivity index (χ0n) is 9.60. The molecule has 0 aliphatic carbocycles. The number of alkyl halides is 2. The van der Waals surface area contributed by atoms with Crippen LogP contribution >= 0.6 is 23.2 Å². The van der Waals surface area contributed by atoms with Crippen molar-refractivity contribution in [3.05, 3.63) is 12.2 Å². The minimum atomic E-state index is -0.298. The number of hydrogen-bond acceptors (Lipinski definition) is 2. The lowest BCUT2D eigenvalue weighted by molar-refractivity contribution is -0.139. The zero-order valence-corrected chi connectivity index (χ0v) is 12.1. The predicted octanol–water partition coefficient (Wildman–Crippen LogP) is 3.55. The molecule has 0 spiro atoms. The summed E-state index contributed by atoms with van der Waals surface area (Å²) in [6.07, 6.45) is 4.26. The molecule has 0 saturated heterocycles. The molecule has 0 aromatic rings. The number of ether oxygens (including phenoxy) is 1. The summed E-state index contributed by atoms with van der Waals surface area (Å²) in [5.74, 6) is -0.298. The maximum Gasteiger partial charge on any atom is 0.333 e. The molecule has 2 radical (unpaired) electrons. The van der Waals surface area contributed by atoms with Crippen LogP contribution in [0.5, 0.6) is 0 Å². The number of hydrogen-bond donors (Lipinski definition) is 0. The molecule has 0 unspecified atom stereocenters. The van der Waals surface area contributed by atoms with Gasteiger partial charge in [-0.25, -0.2) is 4.79 Å². The molecular formula is C11H18Cl2O2Si. The van der Waals surface area contributed by atoms with Crippen LogP contribution < -0.4 is 0 Å². The van der Waals surface area contributed by atoms with E-state index in [0.29, 0.717) is 21.7 Å². The minimum Gasteiger partial charge on any atom is -0.462 e. The van der Waals surface area contributed by atoms with E-state index in [-0.39, 0.29) is 10.4 Å². The molecule has 0 saturated carbocycles. The molecule has 0 aliphatic rings. The number of unbranched alkanes of at least 4 members (excludes halogenated alkanes) is 3. The summed E-state index contributed by atoms with van der Waals surface area (Å²) >= 11 is 11.2. The van der Waals surface area contributed by atoms with E-state index >= 15 is 0 Å². The van der Waals surface area contributed by atoms with Gasteiger partial charge >= 0.3 is 5.97 Å². The zero-order chi connectivity index (χ0) is 12.4. The fraction of sp³-hybridized carbons (Fsp3) is 0.727. The molecule has 16 heavy (non-hydrogen) atoms. The van der Waals surface area contributed by atoms with Crippen molar-refractivity contribution in [2.24, 2.45) is 0 Å². The van der Waals surface area contributed by atoms with E-state index in [1.165, 1.54) is 0 Å². The second kappa shape index (κ2) is 10.2. The molecule has 0 aromatic heterocycles. The van der Waals surface area contributed by atoms with Crippen molar-refractivity contribution in [2.45, 2.75) is 43.1 Å². The van der Waals surface area contributed by atoms with E-state index in [1.807, 2.05) is 0 Å². The molecule has 2 nitrogen and oxygen atoms in total. The van der Waals surface area contributed by atoms with Crippen LogP contribution in [0.2, 0.25) is 6.04 Å². The highest BCUT2D eigenvalue weighted by Gasteiger charge is 2.02. The van der Waals surface area contributed by atoms with Gasteiger partial charge in [0.1, 0.15) is 0 Å². The van der Waals surface area contributed by atoms with E-state index in [2.05, 4.69) is 6.58 Å². The topological polar surface area (TPSA) is 26.3 Å². The van der Waals surface area contributed by atoms with Gasteiger partial charge in [-0.05, 0) is 13.3 Å². The Hall–Kier alpha value is 0.00688. The van der Waals surface area contributed by atoms with Gasteiger partial charge in [0.05, 0.1) is 20.6 Å². The summed E-state index contributed by atoms with van der Waals surface area (Å²) < 4.78 is 4.76. The molecule has 0 aromatic carbocycles. The molecule has 0 rings (SSSR count). The fourth-order valence-electron chi connectivity index (χ4n) is 1.08. The number of carbonyl (C=O) groups excluding carboxylic acids is 1. The Kier molecular flexibility index (Phi) is 10.2. The van der Waals surface area contributed by atoms with Crippen molar-refractivity contribution in [3.63, 3.8) is 0 Å². The van der Waals surface area contributed by atoms with Crippen molar-refractivity contribution in [3.8, 4) is 0 Å².